The maximum atomic E-state index is 13.3. The number of benzene rings is 1. The van der Waals surface area contributed by atoms with Crippen LogP contribution in [-0.4, -0.2) is 12.1 Å². The summed E-state index contributed by atoms with van der Waals surface area (Å²) in [6.45, 7) is 0. The summed E-state index contributed by atoms with van der Waals surface area (Å²) in [6.07, 6.45) is 1.67. The summed E-state index contributed by atoms with van der Waals surface area (Å²) in [6, 6.07) is 2.42. The van der Waals surface area contributed by atoms with Crippen LogP contribution in [0.2, 0.25) is 0 Å². The van der Waals surface area contributed by atoms with E-state index in [4.69, 9.17) is 11.1 Å². The largest absolute Gasteiger partial charge is 0.384 e. The minimum atomic E-state index is -0.803. The van der Waals surface area contributed by atoms with Crippen molar-refractivity contribution in [2.75, 3.05) is 6.26 Å². The van der Waals surface area contributed by atoms with Gasteiger partial charge in [-0.2, -0.15) is 0 Å². The average molecular weight is 202 g/mol. The van der Waals surface area contributed by atoms with Gasteiger partial charge in [0.15, 0.2) is 5.82 Å². The fourth-order valence-corrected chi connectivity index (χ4v) is 1.42. The molecule has 0 saturated heterocycles. The van der Waals surface area contributed by atoms with Gasteiger partial charge in [0, 0.05) is 4.90 Å². The standard InChI is InChI=1S/C8H8F2N2S/c1-13-5-3-2-4(9)6(7(5)10)8(11)12/h2-3H,1H3,(H3,11,12). The molecule has 0 saturated carbocycles. The van der Waals surface area contributed by atoms with Crippen LogP contribution in [0.4, 0.5) is 8.78 Å². The Labute approximate surface area is 78.6 Å². The van der Waals surface area contributed by atoms with Crippen LogP contribution in [-0.2, 0) is 0 Å². The van der Waals surface area contributed by atoms with E-state index in [9.17, 15) is 8.78 Å². The molecule has 0 aliphatic heterocycles. The van der Waals surface area contributed by atoms with Crippen molar-refractivity contribution in [1.82, 2.24) is 0 Å². The van der Waals surface area contributed by atoms with Gasteiger partial charge in [0.1, 0.15) is 11.7 Å². The second-order valence-electron chi connectivity index (χ2n) is 2.35. The summed E-state index contributed by atoms with van der Waals surface area (Å²) >= 11 is 1.14. The number of rotatable bonds is 2. The molecule has 0 spiro atoms. The van der Waals surface area contributed by atoms with E-state index in [0.717, 1.165) is 17.8 Å². The predicted octanol–water partition coefficient (Wildman–Crippen LogP) is 1.97. The molecule has 0 radical (unpaired) electrons. The molecule has 0 fully saturated rings. The third-order valence-corrected chi connectivity index (χ3v) is 2.30. The first kappa shape index (κ1) is 9.98. The molecule has 1 rings (SSSR count). The highest BCUT2D eigenvalue weighted by molar-refractivity contribution is 7.98. The monoisotopic (exact) mass is 202 g/mol. The van der Waals surface area contributed by atoms with E-state index in [1.165, 1.54) is 6.07 Å². The molecule has 1 aromatic rings. The fourth-order valence-electron chi connectivity index (χ4n) is 0.938. The van der Waals surface area contributed by atoms with E-state index in [2.05, 4.69) is 0 Å². The van der Waals surface area contributed by atoms with Crippen LogP contribution in [0.3, 0.4) is 0 Å². The molecule has 3 N–H and O–H groups in total. The quantitative estimate of drug-likeness (QED) is 0.437. The number of nitrogens with two attached hydrogens (primary N) is 1. The summed E-state index contributed by atoms with van der Waals surface area (Å²) in [5.41, 5.74) is 4.58. The molecule has 0 amide bonds. The Kier molecular flexibility index (Phi) is 2.87. The van der Waals surface area contributed by atoms with Crippen molar-refractivity contribution in [3.8, 4) is 0 Å². The van der Waals surface area contributed by atoms with Crippen LogP contribution >= 0.6 is 11.8 Å². The first-order valence-electron chi connectivity index (χ1n) is 3.44. The maximum absolute atomic E-state index is 13.3. The van der Waals surface area contributed by atoms with Crippen LogP contribution in [0.1, 0.15) is 5.56 Å². The van der Waals surface area contributed by atoms with E-state index in [-0.39, 0.29) is 4.90 Å². The molecule has 13 heavy (non-hydrogen) atoms. The number of nitrogen functional groups attached to an aromatic ring is 1. The minimum absolute atomic E-state index is 0.284. The topological polar surface area (TPSA) is 49.9 Å². The van der Waals surface area contributed by atoms with Gasteiger partial charge in [-0.1, -0.05) is 0 Å². The van der Waals surface area contributed by atoms with Crippen molar-refractivity contribution in [2.45, 2.75) is 4.90 Å². The van der Waals surface area contributed by atoms with Gasteiger partial charge < -0.3 is 5.73 Å². The van der Waals surface area contributed by atoms with Crippen molar-refractivity contribution in [3.05, 3.63) is 29.3 Å². The lowest BCUT2D eigenvalue weighted by Gasteiger charge is -2.05. The molecular weight excluding hydrogens is 194 g/mol. The van der Waals surface area contributed by atoms with Crippen molar-refractivity contribution in [3.63, 3.8) is 0 Å². The Morgan fingerprint density at radius 3 is 2.54 bits per heavy atom. The second kappa shape index (κ2) is 3.74. The van der Waals surface area contributed by atoms with Crippen molar-refractivity contribution in [1.29, 1.82) is 5.41 Å². The molecule has 0 aromatic heterocycles. The molecule has 0 heterocycles. The van der Waals surface area contributed by atoms with Crippen LogP contribution in [0.15, 0.2) is 17.0 Å². The molecule has 0 bridgehead atoms. The van der Waals surface area contributed by atoms with Crippen molar-refractivity contribution >= 4 is 17.6 Å². The highest BCUT2D eigenvalue weighted by Gasteiger charge is 2.14. The lowest BCUT2D eigenvalue weighted by Crippen LogP contribution is -2.16. The highest BCUT2D eigenvalue weighted by Crippen LogP contribution is 2.23. The van der Waals surface area contributed by atoms with Crippen molar-refractivity contribution < 1.29 is 8.78 Å². The Morgan fingerprint density at radius 1 is 1.46 bits per heavy atom. The third-order valence-electron chi connectivity index (χ3n) is 1.54. The van der Waals surface area contributed by atoms with Gasteiger partial charge in [-0.15, -0.1) is 11.8 Å². The maximum Gasteiger partial charge on any atom is 0.150 e. The highest BCUT2D eigenvalue weighted by atomic mass is 32.2. The lowest BCUT2D eigenvalue weighted by atomic mass is 10.2. The zero-order valence-corrected chi connectivity index (χ0v) is 7.71. The number of hydrogen-bond donors (Lipinski definition) is 2. The number of nitrogens with one attached hydrogen (secondary N) is 1. The number of hydrogen-bond acceptors (Lipinski definition) is 2. The summed E-state index contributed by atoms with van der Waals surface area (Å²) < 4.78 is 26.3. The Morgan fingerprint density at radius 2 is 2.08 bits per heavy atom. The van der Waals surface area contributed by atoms with Gasteiger partial charge in [0.05, 0.1) is 5.56 Å². The smallest absolute Gasteiger partial charge is 0.150 e. The van der Waals surface area contributed by atoms with E-state index < -0.39 is 23.0 Å². The van der Waals surface area contributed by atoms with E-state index in [1.807, 2.05) is 0 Å². The first-order valence-corrected chi connectivity index (χ1v) is 4.66. The van der Waals surface area contributed by atoms with Crippen LogP contribution in [0, 0.1) is 17.0 Å². The van der Waals surface area contributed by atoms with E-state index in [1.54, 1.807) is 6.26 Å². The zero-order chi connectivity index (χ0) is 10.0. The van der Waals surface area contributed by atoms with E-state index >= 15 is 0 Å². The third kappa shape index (κ3) is 1.80. The van der Waals surface area contributed by atoms with Gasteiger partial charge in [-0.25, -0.2) is 8.78 Å². The Balaban J connectivity index is 3.38. The van der Waals surface area contributed by atoms with Gasteiger partial charge >= 0.3 is 0 Å². The fraction of sp³-hybridized carbons (Fsp3) is 0.125. The van der Waals surface area contributed by atoms with Gasteiger partial charge in [-0.05, 0) is 18.4 Å². The van der Waals surface area contributed by atoms with Crippen LogP contribution in [0.5, 0.6) is 0 Å². The molecule has 70 valence electrons. The summed E-state index contributed by atoms with van der Waals surface area (Å²) in [5, 5.41) is 6.98. The normalized spacial score (nSPS) is 10.1. The molecule has 1 aromatic carbocycles. The average Bonchev–Trinajstić information content (AvgIpc) is 2.04. The summed E-state index contributed by atoms with van der Waals surface area (Å²) in [4.78, 5) is 0.284. The van der Waals surface area contributed by atoms with Gasteiger partial charge in [0.2, 0.25) is 0 Å². The molecule has 0 aliphatic carbocycles. The molecule has 0 unspecified atom stereocenters. The summed E-state index contributed by atoms with van der Waals surface area (Å²) in [5.74, 6) is -2.16. The number of amidine groups is 1. The minimum Gasteiger partial charge on any atom is -0.384 e. The number of thioether (sulfide) groups is 1. The SMILES string of the molecule is CSc1ccc(F)c(C(=N)N)c1F. The molecular formula is C8H8F2N2S. The number of halogens is 2. The zero-order valence-electron chi connectivity index (χ0n) is 6.90. The first-order chi connectivity index (χ1) is 6.07. The molecule has 0 atom stereocenters. The van der Waals surface area contributed by atoms with Gasteiger partial charge in [-0.3, -0.25) is 5.41 Å². The van der Waals surface area contributed by atoms with Crippen LogP contribution < -0.4 is 5.73 Å². The Hall–Kier alpha value is -1.10. The Bertz CT molecular complexity index is 352. The second-order valence-corrected chi connectivity index (χ2v) is 3.20. The summed E-state index contributed by atoms with van der Waals surface area (Å²) in [7, 11) is 0. The molecule has 2 nitrogen and oxygen atoms in total. The van der Waals surface area contributed by atoms with Crippen LogP contribution in [0.25, 0.3) is 0 Å². The van der Waals surface area contributed by atoms with E-state index in [0.29, 0.717) is 0 Å². The van der Waals surface area contributed by atoms with Gasteiger partial charge in [0.25, 0.3) is 0 Å². The predicted molar refractivity (Wildman–Crippen MR) is 49.2 cm³/mol. The molecule has 5 heteroatoms. The molecule has 0 aliphatic rings. The lowest BCUT2D eigenvalue weighted by molar-refractivity contribution is 0.561. The van der Waals surface area contributed by atoms with Crippen molar-refractivity contribution in [2.24, 2.45) is 5.73 Å².